The highest BCUT2D eigenvalue weighted by atomic mass is 16.5. The lowest BCUT2D eigenvalue weighted by atomic mass is 10.1. The molecule has 2 aromatic rings. The van der Waals surface area contributed by atoms with Gasteiger partial charge >= 0.3 is 0 Å². The molecular formula is C14H15NO. The van der Waals surface area contributed by atoms with E-state index in [1.807, 2.05) is 0 Å². The van der Waals surface area contributed by atoms with Crippen LogP contribution >= 0.6 is 0 Å². The fourth-order valence-electron chi connectivity index (χ4n) is 2.21. The average molecular weight is 213 g/mol. The maximum absolute atomic E-state index is 5.57. The molecule has 0 bridgehead atoms. The molecule has 0 saturated heterocycles. The number of aromatic nitrogens is 1. The van der Waals surface area contributed by atoms with Crippen molar-refractivity contribution >= 4 is 0 Å². The van der Waals surface area contributed by atoms with Crippen molar-refractivity contribution in [3.05, 3.63) is 52.8 Å². The van der Waals surface area contributed by atoms with E-state index in [0.717, 1.165) is 25.2 Å². The molecule has 0 spiro atoms. The molecule has 3 rings (SSSR count). The van der Waals surface area contributed by atoms with E-state index >= 15 is 0 Å². The summed E-state index contributed by atoms with van der Waals surface area (Å²) in [5.74, 6) is 1.07. The molecule has 2 heteroatoms. The summed E-state index contributed by atoms with van der Waals surface area (Å²) < 4.78 is 5.57. The van der Waals surface area contributed by atoms with Gasteiger partial charge in [-0.15, -0.1) is 0 Å². The average Bonchev–Trinajstić information content (AvgIpc) is 2.87. The van der Waals surface area contributed by atoms with Gasteiger partial charge in [0.15, 0.2) is 0 Å². The van der Waals surface area contributed by atoms with Crippen molar-refractivity contribution in [2.24, 2.45) is 0 Å². The van der Waals surface area contributed by atoms with Gasteiger partial charge < -0.3 is 9.72 Å². The molecule has 1 N–H and O–H groups in total. The van der Waals surface area contributed by atoms with E-state index in [-0.39, 0.29) is 0 Å². The standard InChI is InChI=1S/C14H15NO/c1-10-2-5-13(15-10)8-11-3-4-12-6-7-16-14(12)9-11/h2-5,9,15H,6-8H2,1H3. The summed E-state index contributed by atoms with van der Waals surface area (Å²) in [6, 6.07) is 10.8. The number of hydrogen-bond acceptors (Lipinski definition) is 1. The fraction of sp³-hybridized carbons (Fsp3) is 0.286. The first-order valence-corrected chi connectivity index (χ1v) is 5.70. The summed E-state index contributed by atoms with van der Waals surface area (Å²) in [6.45, 7) is 2.91. The third-order valence-corrected chi connectivity index (χ3v) is 3.05. The Kier molecular flexibility index (Phi) is 2.21. The monoisotopic (exact) mass is 213 g/mol. The smallest absolute Gasteiger partial charge is 0.122 e. The van der Waals surface area contributed by atoms with E-state index in [4.69, 9.17) is 4.74 Å². The Bertz CT molecular complexity index is 513. The van der Waals surface area contributed by atoms with Crippen LogP contribution in [0.3, 0.4) is 0 Å². The molecule has 0 radical (unpaired) electrons. The summed E-state index contributed by atoms with van der Waals surface area (Å²) in [5, 5.41) is 0. The third kappa shape index (κ3) is 1.71. The number of aromatic amines is 1. The quantitative estimate of drug-likeness (QED) is 0.815. The van der Waals surface area contributed by atoms with E-state index in [1.54, 1.807) is 0 Å². The third-order valence-electron chi connectivity index (χ3n) is 3.05. The lowest BCUT2D eigenvalue weighted by Gasteiger charge is -2.03. The SMILES string of the molecule is Cc1ccc(Cc2ccc3c(c2)OCC3)[nH]1. The van der Waals surface area contributed by atoms with Crippen LogP contribution in [0.15, 0.2) is 30.3 Å². The molecule has 0 saturated carbocycles. The van der Waals surface area contributed by atoms with Crippen LogP contribution in [-0.2, 0) is 12.8 Å². The van der Waals surface area contributed by atoms with Crippen LogP contribution in [0, 0.1) is 6.92 Å². The number of rotatable bonds is 2. The Morgan fingerprint density at radius 3 is 3.00 bits per heavy atom. The Morgan fingerprint density at radius 1 is 1.25 bits per heavy atom. The number of hydrogen-bond donors (Lipinski definition) is 1. The van der Waals surface area contributed by atoms with Gasteiger partial charge in [-0.1, -0.05) is 12.1 Å². The van der Waals surface area contributed by atoms with E-state index in [9.17, 15) is 0 Å². The summed E-state index contributed by atoms with van der Waals surface area (Å²) >= 11 is 0. The second kappa shape index (κ2) is 3.71. The normalized spacial score (nSPS) is 13.6. The first-order chi connectivity index (χ1) is 7.81. The Balaban J connectivity index is 1.85. The van der Waals surface area contributed by atoms with Crippen LogP contribution in [0.25, 0.3) is 0 Å². The second-order valence-electron chi connectivity index (χ2n) is 4.38. The lowest BCUT2D eigenvalue weighted by molar-refractivity contribution is 0.356. The molecule has 0 aliphatic carbocycles. The van der Waals surface area contributed by atoms with Crippen molar-refractivity contribution in [1.29, 1.82) is 0 Å². The van der Waals surface area contributed by atoms with E-state index in [0.29, 0.717) is 0 Å². The minimum absolute atomic E-state index is 0.834. The molecular weight excluding hydrogens is 198 g/mol. The molecule has 1 aliphatic heterocycles. The van der Waals surface area contributed by atoms with Crippen LogP contribution in [0.5, 0.6) is 5.75 Å². The predicted octanol–water partition coefficient (Wildman–Crippen LogP) is 2.85. The van der Waals surface area contributed by atoms with E-state index < -0.39 is 0 Å². The minimum Gasteiger partial charge on any atom is -0.493 e. The predicted molar refractivity (Wildman–Crippen MR) is 64.0 cm³/mol. The number of H-pyrrole nitrogens is 1. The Morgan fingerprint density at radius 2 is 2.19 bits per heavy atom. The van der Waals surface area contributed by atoms with Crippen LogP contribution in [0.4, 0.5) is 0 Å². The van der Waals surface area contributed by atoms with Gasteiger partial charge in [0.1, 0.15) is 5.75 Å². The van der Waals surface area contributed by atoms with Crippen LogP contribution in [-0.4, -0.2) is 11.6 Å². The molecule has 0 unspecified atom stereocenters. The number of ether oxygens (including phenoxy) is 1. The van der Waals surface area contributed by atoms with Gasteiger partial charge in [-0.3, -0.25) is 0 Å². The highest BCUT2D eigenvalue weighted by Crippen LogP contribution is 2.26. The minimum atomic E-state index is 0.834. The van der Waals surface area contributed by atoms with Gasteiger partial charge in [-0.2, -0.15) is 0 Å². The first-order valence-electron chi connectivity index (χ1n) is 5.70. The fourth-order valence-corrected chi connectivity index (χ4v) is 2.21. The Labute approximate surface area is 95.3 Å². The molecule has 0 atom stereocenters. The van der Waals surface area contributed by atoms with Gasteiger partial charge in [0.25, 0.3) is 0 Å². The molecule has 1 aromatic heterocycles. The van der Waals surface area contributed by atoms with Crippen molar-refractivity contribution in [1.82, 2.24) is 4.98 Å². The zero-order valence-corrected chi connectivity index (χ0v) is 9.42. The number of benzene rings is 1. The van der Waals surface area contributed by atoms with Gasteiger partial charge in [0.05, 0.1) is 6.61 Å². The van der Waals surface area contributed by atoms with Crippen molar-refractivity contribution in [2.75, 3.05) is 6.61 Å². The molecule has 82 valence electrons. The van der Waals surface area contributed by atoms with Crippen molar-refractivity contribution in [3.63, 3.8) is 0 Å². The van der Waals surface area contributed by atoms with Gasteiger partial charge in [-0.25, -0.2) is 0 Å². The molecule has 0 amide bonds. The summed E-state index contributed by atoms with van der Waals surface area (Å²) in [7, 11) is 0. The second-order valence-corrected chi connectivity index (χ2v) is 4.38. The summed E-state index contributed by atoms with van der Waals surface area (Å²) in [6.07, 6.45) is 2.00. The molecule has 1 aliphatic rings. The van der Waals surface area contributed by atoms with Crippen molar-refractivity contribution in [2.45, 2.75) is 19.8 Å². The van der Waals surface area contributed by atoms with Gasteiger partial charge in [0, 0.05) is 24.2 Å². The largest absolute Gasteiger partial charge is 0.493 e. The van der Waals surface area contributed by atoms with Crippen LogP contribution in [0.2, 0.25) is 0 Å². The number of nitrogens with one attached hydrogen (secondary N) is 1. The highest BCUT2D eigenvalue weighted by molar-refractivity contribution is 5.41. The summed E-state index contributed by atoms with van der Waals surface area (Å²) in [5.41, 5.74) is 5.12. The molecule has 1 aromatic carbocycles. The highest BCUT2D eigenvalue weighted by Gasteiger charge is 2.12. The van der Waals surface area contributed by atoms with Gasteiger partial charge in [-0.05, 0) is 36.2 Å². The molecule has 2 heterocycles. The maximum atomic E-state index is 5.57. The van der Waals surface area contributed by atoms with Crippen LogP contribution < -0.4 is 4.74 Å². The molecule has 16 heavy (non-hydrogen) atoms. The number of aryl methyl sites for hydroxylation is 1. The maximum Gasteiger partial charge on any atom is 0.122 e. The Hall–Kier alpha value is -1.70. The summed E-state index contributed by atoms with van der Waals surface area (Å²) in [4.78, 5) is 3.35. The van der Waals surface area contributed by atoms with E-state index in [1.165, 1.54) is 22.5 Å². The molecule has 2 nitrogen and oxygen atoms in total. The molecule has 0 fully saturated rings. The zero-order valence-electron chi connectivity index (χ0n) is 9.42. The number of fused-ring (bicyclic) bond motifs is 1. The van der Waals surface area contributed by atoms with Crippen LogP contribution in [0.1, 0.15) is 22.5 Å². The first kappa shape index (κ1) is 9.52. The van der Waals surface area contributed by atoms with E-state index in [2.05, 4.69) is 42.2 Å². The lowest BCUT2D eigenvalue weighted by Crippen LogP contribution is -1.90. The topological polar surface area (TPSA) is 25.0 Å². The van der Waals surface area contributed by atoms with Gasteiger partial charge in [0.2, 0.25) is 0 Å². The van der Waals surface area contributed by atoms with Crippen molar-refractivity contribution < 1.29 is 4.74 Å². The zero-order chi connectivity index (χ0) is 11.0. The van der Waals surface area contributed by atoms with Crippen molar-refractivity contribution in [3.8, 4) is 5.75 Å².